The molecule has 0 saturated heterocycles. The fourth-order valence-electron chi connectivity index (χ4n) is 1.52. The first kappa shape index (κ1) is 10.7. The Kier molecular flexibility index (Phi) is 3.63. The molecule has 0 aliphatic carbocycles. The number of pyridine rings is 1. The smallest absolute Gasteiger partial charge is 0.311 e. The van der Waals surface area contributed by atoms with Gasteiger partial charge in [-0.1, -0.05) is 20.3 Å². The van der Waals surface area contributed by atoms with Crippen LogP contribution in [-0.4, -0.2) is 16.1 Å². The van der Waals surface area contributed by atoms with Crippen molar-refractivity contribution in [3.05, 3.63) is 30.1 Å². The average molecular weight is 193 g/mol. The molecule has 0 fully saturated rings. The van der Waals surface area contributed by atoms with Crippen molar-refractivity contribution in [2.45, 2.75) is 26.2 Å². The molecule has 1 N–H and O–H groups in total. The number of rotatable bonds is 4. The van der Waals surface area contributed by atoms with Gasteiger partial charge in [-0.15, -0.1) is 0 Å². The molecule has 14 heavy (non-hydrogen) atoms. The highest BCUT2D eigenvalue weighted by Gasteiger charge is 2.24. The van der Waals surface area contributed by atoms with Crippen LogP contribution in [-0.2, 0) is 4.79 Å². The van der Waals surface area contributed by atoms with Crippen molar-refractivity contribution < 1.29 is 9.90 Å². The van der Waals surface area contributed by atoms with Crippen LogP contribution in [0.4, 0.5) is 0 Å². The minimum absolute atomic E-state index is 0.148. The molecule has 0 aliphatic heterocycles. The normalized spacial score (nSPS) is 14.7. The highest BCUT2D eigenvalue weighted by Crippen LogP contribution is 2.26. The summed E-state index contributed by atoms with van der Waals surface area (Å²) >= 11 is 0. The lowest BCUT2D eigenvalue weighted by Gasteiger charge is -2.18. The van der Waals surface area contributed by atoms with Gasteiger partial charge in [0.05, 0.1) is 5.92 Å². The van der Waals surface area contributed by atoms with Crippen molar-refractivity contribution in [1.82, 2.24) is 4.98 Å². The fraction of sp³-hybridized carbons (Fsp3) is 0.455. The minimum atomic E-state index is -0.759. The zero-order valence-electron chi connectivity index (χ0n) is 8.47. The Morgan fingerprint density at radius 3 is 2.50 bits per heavy atom. The molecule has 76 valence electrons. The van der Waals surface area contributed by atoms with Gasteiger partial charge in [0.1, 0.15) is 0 Å². The van der Waals surface area contributed by atoms with E-state index < -0.39 is 11.9 Å². The third-order valence-corrected chi connectivity index (χ3v) is 2.54. The zero-order valence-corrected chi connectivity index (χ0v) is 8.47. The second kappa shape index (κ2) is 4.74. The zero-order chi connectivity index (χ0) is 10.6. The lowest BCUT2D eigenvalue weighted by atomic mass is 9.86. The summed E-state index contributed by atoms with van der Waals surface area (Å²) in [6.07, 6.45) is 4.13. The van der Waals surface area contributed by atoms with E-state index >= 15 is 0 Å². The molecule has 3 nitrogen and oxygen atoms in total. The third kappa shape index (κ3) is 2.31. The summed E-state index contributed by atoms with van der Waals surface area (Å²) in [5.74, 6) is -1.02. The Hall–Kier alpha value is -1.38. The SMILES string of the molecule is CCC(C)C(C(=O)O)c1ccncc1. The molecular weight excluding hydrogens is 178 g/mol. The summed E-state index contributed by atoms with van der Waals surface area (Å²) in [4.78, 5) is 15.0. The van der Waals surface area contributed by atoms with Crippen LogP contribution in [0.5, 0.6) is 0 Å². The highest BCUT2D eigenvalue weighted by atomic mass is 16.4. The Labute approximate surface area is 83.8 Å². The van der Waals surface area contributed by atoms with Crippen LogP contribution in [0.2, 0.25) is 0 Å². The maximum Gasteiger partial charge on any atom is 0.311 e. The second-order valence-electron chi connectivity index (χ2n) is 3.48. The van der Waals surface area contributed by atoms with E-state index in [0.717, 1.165) is 12.0 Å². The summed E-state index contributed by atoms with van der Waals surface area (Å²) in [6.45, 7) is 3.96. The molecule has 0 radical (unpaired) electrons. The van der Waals surface area contributed by atoms with Crippen molar-refractivity contribution in [1.29, 1.82) is 0 Å². The van der Waals surface area contributed by atoms with Gasteiger partial charge in [-0.05, 0) is 23.6 Å². The Bertz CT molecular complexity index is 297. The number of carboxylic acids is 1. The molecule has 1 aromatic rings. The van der Waals surface area contributed by atoms with E-state index in [1.54, 1.807) is 24.5 Å². The summed E-state index contributed by atoms with van der Waals surface area (Å²) in [7, 11) is 0. The van der Waals surface area contributed by atoms with Crippen LogP contribution in [0.3, 0.4) is 0 Å². The molecule has 0 saturated carbocycles. The largest absolute Gasteiger partial charge is 0.481 e. The third-order valence-electron chi connectivity index (χ3n) is 2.54. The van der Waals surface area contributed by atoms with Crippen molar-refractivity contribution in [3.63, 3.8) is 0 Å². The first-order valence-electron chi connectivity index (χ1n) is 4.79. The van der Waals surface area contributed by atoms with Crippen molar-refractivity contribution in [3.8, 4) is 0 Å². The fourth-order valence-corrected chi connectivity index (χ4v) is 1.52. The van der Waals surface area contributed by atoms with Crippen LogP contribution >= 0.6 is 0 Å². The molecule has 1 aromatic heterocycles. The molecule has 1 rings (SSSR count). The van der Waals surface area contributed by atoms with Gasteiger partial charge in [-0.3, -0.25) is 9.78 Å². The van der Waals surface area contributed by atoms with Gasteiger partial charge < -0.3 is 5.11 Å². The first-order valence-corrected chi connectivity index (χ1v) is 4.79. The first-order chi connectivity index (χ1) is 6.66. The molecule has 0 aliphatic rings. The van der Waals surface area contributed by atoms with Gasteiger partial charge in [0.25, 0.3) is 0 Å². The van der Waals surface area contributed by atoms with Gasteiger partial charge >= 0.3 is 5.97 Å². The van der Waals surface area contributed by atoms with Crippen LogP contribution in [0.25, 0.3) is 0 Å². The van der Waals surface area contributed by atoms with Crippen LogP contribution < -0.4 is 0 Å². The molecule has 3 heteroatoms. The molecular formula is C11H15NO2. The number of hydrogen-bond acceptors (Lipinski definition) is 2. The molecule has 2 unspecified atom stereocenters. The van der Waals surface area contributed by atoms with Crippen molar-refractivity contribution in [2.75, 3.05) is 0 Å². The van der Waals surface area contributed by atoms with Crippen molar-refractivity contribution in [2.24, 2.45) is 5.92 Å². The number of aliphatic carboxylic acids is 1. The quantitative estimate of drug-likeness (QED) is 0.798. The van der Waals surface area contributed by atoms with E-state index in [1.807, 2.05) is 13.8 Å². The van der Waals surface area contributed by atoms with Crippen LogP contribution in [0.1, 0.15) is 31.7 Å². The number of carbonyl (C=O) groups is 1. The van der Waals surface area contributed by atoms with E-state index in [4.69, 9.17) is 5.11 Å². The average Bonchev–Trinajstić information content (AvgIpc) is 2.19. The van der Waals surface area contributed by atoms with Crippen molar-refractivity contribution >= 4 is 5.97 Å². The summed E-state index contributed by atoms with van der Waals surface area (Å²) in [6, 6.07) is 3.54. The maximum atomic E-state index is 11.1. The molecule has 0 spiro atoms. The van der Waals surface area contributed by atoms with Gasteiger partial charge in [0, 0.05) is 12.4 Å². The topological polar surface area (TPSA) is 50.2 Å². The summed E-state index contributed by atoms with van der Waals surface area (Å²) in [5, 5.41) is 9.11. The maximum absolute atomic E-state index is 11.1. The van der Waals surface area contributed by atoms with E-state index in [-0.39, 0.29) is 5.92 Å². The predicted octanol–water partition coefficient (Wildman–Crippen LogP) is 2.30. The van der Waals surface area contributed by atoms with E-state index in [2.05, 4.69) is 4.98 Å². The van der Waals surface area contributed by atoms with Crippen LogP contribution in [0, 0.1) is 5.92 Å². The summed E-state index contributed by atoms with van der Waals surface area (Å²) < 4.78 is 0. The molecule has 2 atom stereocenters. The Balaban J connectivity index is 2.95. The van der Waals surface area contributed by atoms with Gasteiger partial charge in [-0.25, -0.2) is 0 Å². The second-order valence-corrected chi connectivity index (χ2v) is 3.48. The molecule has 0 aromatic carbocycles. The van der Waals surface area contributed by atoms with E-state index in [0.29, 0.717) is 0 Å². The van der Waals surface area contributed by atoms with Crippen LogP contribution in [0.15, 0.2) is 24.5 Å². The van der Waals surface area contributed by atoms with Gasteiger partial charge in [0.15, 0.2) is 0 Å². The molecule has 1 heterocycles. The molecule has 0 amide bonds. The van der Waals surface area contributed by atoms with Gasteiger partial charge in [-0.2, -0.15) is 0 Å². The Morgan fingerprint density at radius 1 is 1.50 bits per heavy atom. The number of carboxylic acid groups (broad SMARTS) is 1. The number of aromatic nitrogens is 1. The van der Waals surface area contributed by atoms with E-state index in [9.17, 15) is 4.79 Å². The monoisotopic (exact) mass is 193 g/mol. The number of nitrogens with zero attached hydrogens (tertiary/aromatic N) is 1. The lowest BCUT2D eigenvalue weighted by molar-refractivity contribution is -0.140. The van der Waals surface area contributed by atoms with Gasteiger partial charge in [0.2, 0.25) is 0 Å². The standard InChI is InChI=1S/C11H15NO2/c1-3-8(2)10(11(13)14)9-4-6-12-7-5-9/h4-8,10H,3H2,1-2H3,(H,13,14). The predicted molar refractivity (Wildman–Crippen MR) is 54.1 cm³/mol. The van der Waals surface area contributed by atoms with E-state index in [1.165, 1.54) is 0 Å². The number of hydrogen-bond donors (Lipinski definition) is 1. The minimum Gasteiger partial charge on any atom is -0.481 e. The summed E-state index contributed by atoms with van der Waals surface area (Å²) in [5.41, 5.74) is 0.835. The molecule has 0 bridgehead atoms. The lowest BCUT2D eigenvalue weighted by Crippen LogP contribution is -2.18. The highest BCUT2D eigenvalue weighted by molar-refractivity contribution is 5.76. The Morgan fingerprint density at radius 2 is 2.07 bits per heavy atom.